The van der Waals surface area contributed by atoms with E-state index in [9.17, 15) is 4.79 Å². The monoisotopic (exact) mass is 432 g/mol. The average Bonchev–Trinajstić information content (AvgIpc) is 2.83. The van der Waals surface area contributed by atoms with Crippen LogP contribution in [0.2, 0.25) is 0 Å². The van der Waals surface area contributed by atoms with E-state index in [1.165, 1.54) is 0 Å². The maximum atomic E-state index is 13.6. The van der Waals surface area contributed by atoms with E-state index in [1.54, 1.807) is 14.2 Å². The Kier molecular flexibility index (Phi) is 6.61. The van der Waals surface area contributed by atoms with Crippen molar-refractivity contribution in [1.29, 1.82) is 0 Å². The van der Waals surface area contributed by atoms with Gasteiger partial charge in [0, 0.05) is 12.1 Å². The molecule has 32 heavy (non-hydrogen) atoms. The average molecular weight is 433 g/mol. The number of hydrogen-bond donors (Lipinski definition) is 0. The fourth-order valence-corrected chi connectivity index (χ4v) is 4.15. The molecule has 4 rings (SSSR count). The van der Waals surface area contributed by atoms with Gasteiger partial charge in [-0.15, -0.1) is 0 Å². The Morgan fingerprint density at radius 1 is 1.00 bits per heavy atom. The molecule has 0 bridgehead atoms. The molecule has 0 saturated carbocycles. The largest absolute Gasteiger partial charge is 0.493 e. The number of likely N-dealkylation sites (N-methyl/N-ethyl adjacent to an activating group) is 1. The zero-order valence-electron chi connectivity index (χ0n) is 18.7. The van der Waals surface area contributed by atoms with Crippen LogP contribution >= 0.6 is 0 Å². The molecule has 0 saturated heterocycles. The number of hydrogen-bond acceptors (Lipinski definition) is 5. The van der Waals surface area contributed by atoms with Gasteiger partial charge in [0.2, 0.25) is 5.91 Å². The lowest BCUT2D eigenvalue weighted by Crippen LogP contribution is -2.45. The highest BCUT2D eigenvalue weighted by Crippen LogP contribution is 2.39. The SMILES string of the molecule is COc1cccc(CN(C)CC(=O)N2c3ccccc3OCC2c2ccccc2)c1OC. The molecule has 6 nitrogen and oxygen atoms in total. The highest BCUT2D eigenvalue weighted by molar-refractivity contribution is 5.97. The Morgan fingerprint density at radius 2 is 1.75 bits per heavy atom. The summed E-state index contributed by atoms with van der Waals surface area (Å²) in [7, 11) is 5.18. The third kappa shape index (κ3) is 4.41. The lowest BCUT2D eigenvalue weighted by molar-refractivity contribution is -0.120. The van der Waals surface area contributed by atoms with E-state index < -0.39 is 0 Å². The minimum absolute atomic E-state index is 0.0129. The zero-order valence-corrected chi connectivity index (χ0v) is 18.7. The van der Waals surface area contributed by atoms with Crippen LogP contribution in [0.1, 0.15) is 17.2 Å². The lowest BCUT2D eigenvalue weighted by atomic mass is 10.0. The van der Waals surface area contributed by atoms with Crippen molar-refractivity contribution < 1.29 is 19.0 Å². The Morgan fingerprint density at radius 3 is 2.50 bits per heavy atom. The van der Waals surface area contributed by atoms with Crippen molar-refractivity contribution in [1.82, 2.24) is 4.90 Å². The van der Waals surface area contributed by atoms with Gasteiger partial charge in [0.15, 0.2) is 11.5 Å². The molecule has 0 spiro atoms. The van der Waals surface area contributed by atoms with Crippen LogP contribution < -0.4 is 19.1 Å². The van der Waals surface area contributed by atoms with Crippen LogP contribution in [0, 0.1) is 0 Å². The number of carbonyl (C=O) groups excluding carboxylic acids is 1. The van der Waals surface area contributed by atoms with Crippen LogP contribution in [0.25, 0.3) is 0 Å². The van der Waals surface area contributed by atoms with Gasteiger partial charge in [-0.1, -0.05) is 54.6 Å². The van der Waals surface area contributed by atoms with Crippen molar-refractivity contribution in [3.63, 3.8) is 0 Å². The highest BCUT2D eigenvalue weighted by atomic mass is 16.5. The summed E-state index contributed by atoms with van der Waals surface area (Å²) in [5.41, 5.74) is 2.81. The first-order valence-electron chi connectivity index (χ1n) is 10.6. The van der Waals surface area contributed by atoms with Crippen molar-refractivity contribution in [2.24, 2.45) is 0 Å². The maximum Gasteiger partial charge on any atom is 0.241 e. The fraction of sp³-hybridized carbons (Fsp3) is 0.269. The molecule has 1 aliphatic rings. The molecule has 1 amide bonds. The van der Waals surface area contributed by atoms with Crippen LogP contribution in [0.5, 0.6) is 17.2 Å². The van der Waals surface area contributed by atoms with Gasteiger partial charge in [-0.05, 0) is 30.8 Å². The highest BCUT2D eigenvalue weighted by Gasteiger charge is 2.33. The zero-order chi connectivity index (χ0) is 22.5. The van der Waals surface area contributed by atoms with E-state index >= 15 is 0 Å². The van der Waals surface area contributed by atoms with E-state index in [0.717, 1.165) is 22.6 Å². The second kappa shape index (κ2) is 9.75. The van der Waals surface area contributed by atoms with E-state index in [2.05, 4.69) is 0 Å². The number of amides is 1. The van der Waals surface area contributed by atoms with Gasteiger partial charge in [0.05, 0.1) is 32.5 Å². The quantitative estimate of drug-likeness (QED) is 0.557. The molecule has 0 fully saturated rings. The third-order valence-electron chi connectivity index (χ3n) is 5.62. The van der Waals surface area contributed by atoms with Crippen molar-refractivity contribution >= 4 is 11.6 Å². The predicted molar refractivity (Wildman–Crippen MR) is 124 cm³/mol. The standard InChI is InChI=1S/C26H28N2O4/c1-27(16-20-12-9-15-24(30-2)26(20)31-3)17-25(29)28-21-13-7-8-14-23(21)32-18-22(28)19-10-5-4-6-11-19/h4-15,22H,16-18H2,1-3H3. The first-order valence-corrected chi connectivity index (χ1v) is 10.6. The van der Waals surface area contributed by atoms with Crippen LogP contribution in [0.4, 0.5) is 5.69 Å². The van der Waals surface area contributed by atoms with Crippen LogP contribution in [-0.2, 0) is 11.3 Å². The molecular formula is C26H28N2O4. The molecule has 0 N–H and O–H groups in total. The smallest absolute Gasteiger partial charge is 0.241 e. The lowest BCUT2D eigenvalue weighted by Gasteiger charge is -2.38. The second-order valence-electron chi connectivity index (χ2n) is 7.79. The normalized spacial score (nSPS) is 15.1. The summed E-state index contributed by atoms with van der Waals surface area (Å²) in [5.74, 6) is 2.10. The fourth-order valence-electron chi connectivity index (χ4n) is 4.15. The molecule has 0 aliphatic carbocycles. The van der Waals surface area contributed by atoms with E-state index in [0.29, 0.717) is 24.7 Å². The Balaban J connectivity index is 1.58. The summed E-state index contributed by atoms with van der Waals surface area (Å²) in [6, 6.07) is 23.3. The van der Waals surface area contributed by atoms with Crippen molar-refractivity contribution in [3.8, 4) is 17.2 Å². The van der Waals surface area contributed by atoms with Crippen molar-refractivity contribution in [3.05, 3.63) is 83.9 Å². The number of fused-ring (bicyclic) bond motifs is 1. The van der Waals surface area contributed by atoms with Gasteiger partial charge >= 0.3 is 0 Å². The molecule has 1 atom stereocenters. The van der Waals surface area contributed by atoms with Gasteiger partial charge in [-0.3, -0.25) is 14.6 Å². The summed E-state index contributed by atoms with van der Waals surface area (Å²) in [6.45, 7) is 1.21. The van der Waals surface area contributed by atoms with Gasteiger partial charge < -0.3 is 14.2 Å². The number of para-hydroxylation sites is 3. The molecule has 3 aromatic rings. The minimum atomic E-state index is -0.182. The second-order valence-corrected chi connectivity index (χ2v) is 7.79. The van der Waals surface area contributed by atoms with Gasteiger partial charge in [-0.25, -0.2) is 0 Å². The number of benzene rings is 3. The van der Waals surface area contributed by atoms with Crippen LogP contribution in [-0.4, -0.2) is 45.2 Å². The molecule has 6 heteroatoms. The van der Waals surface area contributed by atoms with Crippen molar-refractivity contribution in [2.45, 2.75) is 12.6 Å². The topological polar surface area (TPSA) is 51.2 Å². The minimum Gasteiger partial charge on any atom is -0.493 e. The molecular weight excluding hydrogens is 404 g/mol. The van der Waals surface area contributed by atoms with Gasteiger partial charge in [0.25, 0.3) is 0 Å². The van der Waals surface area contributed by atoms with E-state index in [4.69, 9.17) is 14.2 Å². The first kappa shape index (κ1) is 21.7. The number of methoxy groups -OCH3 is 2. The number of ether oxygens (including phenoxy) is 3. The number of carbonyl (C=O) groups is 1. The third-order valence-corrected chi connectivity index (χ3v) is 5.62. The Bertz CT molecular complexity index is 1070. The first-order chi connectivity index (χ1) is 15.6. The predicted octanol–water partition coefficient (Wildman–Crippen LogP) is 4.30. The molecule has 1 aliphatic heterocycles. The molecule has 0 aromatic heterocycles. The Labute approximate surface area is 188 Å². The van der Waals surface area contributed by atoms with E-state index in [1.807, 2.05) is 89.6 Å². The van der Waals surface area contributed by atoms with Crippen molar-refractivity contribution in [2.75, 3.05) is 39.3 Å². The van der Waals surface area contributed by atoms with Gasteiger partial charge in [-0.2, -0.15) is 0 Å². The summed E-state index contributed by atoms with van der Waals surface area (Å²) >= 11 is 0. The molecule has 1 heterocycles. The molecule has 166 valence electrons. The van der Waals surface area contributed by atoms with Gasteiger partial charge in [0.1, 0.15) is 12.4 Å². The van der Waals surface area contributed by atoms with E-state index in [-0.39, 0.29) is 18.5 Å². The number of nitrogens with zero attached hydrogens (tertiary/aromatic N) is 2. The van der Waals surface area contributed by atoms with Crippen LogP contribution in [0.15, 0.2) is 72.8 Å². The summed E-state index contributed by atoms with van der Waals surface area (Å²) in [6.07, 6.45) is 0. The maximum absolute atomic E-state index is 13.6. The number of rotatable bonds is 7. The summed E-state index contributed by atoms with van der Waals surface area (Å²) in [5, 5.41) is 0. The molecule has 0 radical (unpaired) electrons. The summed E-state index contributed by atoms with van der Waals surface area (Å²) in [4.78, 5) is 17.4. The number of anilines is 1. The molecule has 1 unspecified atom stereocenters. The molecule has 3 aromatic carbocycles. The summed E-state index contributed by atoms with van der Waals surface area (Å²) < 4.78 is 16.9. The Hall–Kier alpha value is -3.51. The van der Waals surface area contributed by atoms with Crippen LogP contribution in [0.3, 0.4) is 0 Å².